The molecule has 2 aliphatic rings. The highest BCUT2D eigenvalue weighted by molar-refractivity contribution is 5.77. The lowest BCUT2D eigenvalue weighted by Gasteiger charge is -2.33. The molecule has 0 unspecified atom stereocenters. The molecule has 1 aromatic carbocycles. The second kappa shape index (κ2) is 8.92. The van der Waals surface area contributed by atoms with E-state index in [-0.39, 0.29) is 13.2 Å². The maximum Gasteiger partial charge on any atom is 0.429 e. The first-order valence-corrected chi connectivity index (χ1v) is 11.0. The topological polar surface area (TPSA) is 88.6 Å². The molecule has 3 rings (SSSR count). The minimum Gasteiger partial charge on any atom is -0.444 e. The van der Waals surface area contributed by atoms with E-state index in [1.807, 2.05) is 0 Å². The molecule has 0 N–H and O–H groups in total. The Labute approximate surface area is 197 Å². The van der Waals surface area contributed by atoms with Gasteiger partial charge in [-0.1, -0.05) is 30.3 Å². The van der Waals surface area contributed by atoms with Crippen LogP contribution in [-0.4, -0.2) is 75.5 Å². The quantitative estimate of drug-likeness (QED) is 0.579. The Bertz CT molecular complexity index is 929. The molecule has 11 heteroatoms. The van der Waals surface area contributed by atoms with Crippen molar-refractivity contribution in [2.24, 2.45) is 0 Å². The van der Waals surface area contributed by atoms with Gasteiger partial charge < -0.3 is 14.2 Å². The van der Waals surface area contributed by atoms with Gasteiger partial charge >= 0.3 is 18.3 Å². The van der Waals surface area contributed by atoms with Crippen molar-refractivity contribution in [1.29, 1.82) is 0 Å². The summed E-state index contributed by atoms with van der Waals surface area (Å²) in [6, 6.07) is 5.65. The van der Waals surface area contributed by atoms with Crippen LogP contribution >= 0.6 is 0 Å². The van der Waals surface area contributed by atoms with Gasteiger partial charge in [-0.25, -0.2) is 33.2 Å². The van der Waals surface area contributed by atoms with Gasteiger partial charge in [0.05, 0.1) is 19.1 Å². The number of nitrogens with zero attached hydrogens (tertiary/aromatic N) is 3. The molecule has 0 aliphatic carbocycles. The van der Waals surface area contributed by atoms with Crippen molar-refractivity contribution in [2.45, 2.75) is 77.4 Å². The second-order valence-electron chi connectivity index (χ2n) is 10.3. The lowest BCUT2D eigenvalue weighted by Crippen LogP contribution is -2.55. The fourth-order valence-corrected chi connectivity index (χ4v) is 3.84. The molecule has 2 saturated heterocycles. The van der Waals surface area contributed by atoms with Crippen LogP contribution in [0.15, 0.2) is 30.3 Å². The van der Waals surface area contributed by atoms with Gasteiger partial charge in [-0.2, -0.15) is 0 Å². The minimum atomic E-state index is -3.52. The number of carbonyl (C=O) groups excluding carboxylic acids is 3. The van der Waals surface area contributed by atoms with Crippen molar-refractivity contribution in [2.75, 3.05) is 13.1 Å². The molecule has 2 fully saturated rings. The first-order chi connectivity index (χ1) is 15.6. The van der Waals surface area contributed by atoms with Crippen LogP contribution in [0.4, 0.5) is 23.2 Å². The predicted octanol–water partition coefficient (Wildman–Crippen LogP) is 4.41. The van der Waals surface area contributed by atoms with Crippen LogP contribution in [0, 0.1) is 0 Å². The highest BCUT2D eigenvalue weighted by Gasteiger charge is 2.66. The van der Waals surface area contributed by atoms with Crippen molar-refractivity contribution in [1.82, 2.24) is 14.9 Å². The molecule has 0 saturated carbocycles. The highest BCUT2D eigenvalue weighted by Crippen LogP contribution is 2.42. The summed E-state index contributed by atoms with van der Waals surface area (Å²) in [6.07, 6.45) is -3.10. The summed E-state index contributed by atoms with van der Waals surface area (Å²) in [6.45, 7) is 8.17. The smallest absolute Gasteiger partial charge is 0.429 e. The third-order valence-corrected chi connectivity index (χ3v) is 5.09. The molecule has 0 radical (unpaired) electrons. The Hall–Kier alpha value is -3.11. The van der Waals surface area contributed by atoms with Crippen LogP contribution in [0.25, 0.3) is 0 Å². The Balaban J connectivity index is 1.90. The molecule has 2 heterocycles. The van der Waals surface area contributed by atoms with Gasteiger partial charge in [0.2, 0.25) is 0 Å². The number of amides is 3. The van der Waals surface area contributed by atoms with Crippen molar-refractivity contribution in [3.63, 3.8) is 0 Å². The normalized spacial score (nSPS) is 21.8. The van der Waals surface area contributed by atoms with Gasteiger partial charge in [0.15, 0.2) is 0 Å². The number of alkyl halides is 2. The number of carbonyl (C=O) groups is 3. The second-order valence-corrected chi connectivity index (χ2v) is 10.3. The van der Waals surface area contributed by atoms with Crippen LogP contribution in [0.2, 0.25) is 0 Å². The molecule has 2 atom stereocenters. The Morgan fingerprint density at radius 3 is 2.06 bits per heavy atom. The van der Waals surface area contributed by atoms with E-state index >= 15 is 8.78 Å². The predicted molar refractivity (Wildman–Crippen MR) is 117 cm³/mol. The number of fused-ring (bicyclic) bond motifs is 1. The largest absolute Gasteiger partial charge is 0.444 e. The monoisotopic (exact) mass is 483 g/mol. The fourth-order valence-electron chi connectivity index (χ4n) is 3.84. The standard InChI is InChI=1S/C23H31F2N3O6/c1-21(2,3)33-18(29)26-14-23(24,25)17-16(26)12-27(19(30)34-22(4,5)6)28(17)20(31)32-13-15-10-8-7-9-11-15/h7-11,16-17H,12-14H2,1-6H3/t16-,17+/m0/s1. The van der Waals surface area contributed by atoms with E-state index < -0.39 is 54.0 Å². The molecule has 1 aromatic rings. The maximum absolute atomic E-state index is 15.2. The lowest BCUT2D eigenvalue weighted by molar-refractivity contribution is -0.0963. The number of hydrogen-bond donors (Lipinski definition) is 0. The molecule has 0 aromatic heterocycles. The summed E-state index contributed by atoms with van der Waals surface area (Å²) >= 11 is 0. The molecular formula is C23H31F2N3O6. The van der Waals surface area contributed by atoms with E-state index in [0.29, 0.717) is 10.6 Å². The summed E-state index contributed by atoms with van der Waals surface area (Å²) in [5.74, 6) is -3.52. The molecule has 0 bridgehead atoms. The average Bonchev–Trinajstić information content (AvgIpc) is 3.21. The van der Waals surface area contributed by atoms with Crippen LogP contribution < -0.4 is 0 Å². The van der Waals surface area contributed by atoms with Gasteiger partial charge in [-0.05, 0) is 47.1 Å². The molecule has 0 spiro atoms. The molecular weight excluding hydrogens is 452 g/mol. The zero-order chi connectivity index (χ0) is 25.5. The third-order valence-electron chi connectivity index (χ3n) is 5.09. The van der Waals surface area contributed by atoms with E-state index in [4.69, 9.17) is 14.2 Å². The lowest BCUT2D eigenvalue weighted by atomic mass is 10.1. The van der Waals surface area contributed by atoms with Gasteiger partial charge in [0, 0.05) is 0 Å². The molecule has 188 valence electrons. The van der Waals surface area contributed by atoms with E-state index in [0.717, 1.165) is 9.91 Å². The van der Waals surface area contributed by atoms with Gasteiger partial charge in [-0.3, -0.25) is 4.90 Å². The summed E-state index contributed by atoms with van der Waals surface area (Å²) in [5, 5.41) is 1.35. The van der Waals surface area contributed by atoms with Crippen molar-refractivity contribution in [3.05, 3.63) is 35.9 Å². The molecule has 2 aliphatic heterocycles. The average molecular weight is 484 g/mol. The number of rotatable bonds is 2. The number of hydrogen-bond acceptors (Lipinski definition) is 6. The van der Waals surface area contributed by atoms with E-state index in [1.165, 1.54) is 0 Å². The first kappa shape index (κ1) is 25.5. The Kier molecular flexibility index (Phi) is 6.69. The van der Waals surface area contributed by atoms with Crippen LogP contribution in [-0.2, 0) is 20.8 Å². The minimum absolute atomic E-state index is 0.183. The van der Waals surface area contributed by atoms with E-state index in [1.54, 1.807) is 71.9 Å². The molecule has 34 heavy (non-hydrogen) atoms. The van der Waals surface area contributed by atoms with Crippen molar-refractivity contribution in [3.8, 4) is 0 Å². The summed E-state index contributed by atoms with van der Waals surface area (Å²) in [7, 11) is 0. The Morgan fingerprint density at radius 2 is 1.50 bits per heavy atom. The zero-order valence-corrected chi connectivity index (χ0v) is 20.2. The fraction of sp³-hybridized carbons (Fsp3) is 0.609. The van der Waals surface area contributed by atoms with Gasteiger partial charge in [0.1, 0.15) is 23.9 Å². The maximum atomic E-state index is 15.2. The number of likely N-dealkylation sites (tertiary alicyclic amines) is 1. The zero-order valence-electron chi connectivity index (χ0n) is 20.2. The molecule has 3 amide bonds. The molecule has 9 nitrogen and oxygen atoms in total. The summed E-state index contributed by atoms with van der Waals surface area (Å²) in [4.78, 5) is 39.4. The van der Waals surface area contributed by atoms with Crippen LogP contribution in [0.1, 0.15) is 47.1 Å². The number of halogens is 2. The van der Waals surface area contributed by atoms with Crippen molar-refractivity contribution < 1.29 is 37.4 Å². The first-order valence-electron chi connectivity index (χ1n) is 11.0. The van der Waals surface area contributed by atoms with E-state index in [9.17, 15) is 14.4 Å². The third kappa shape index (κ3) is 5.68. The summed E-state index contributed by atoms with van der Waals surface area (Å²) in [5.41, 5.74) is -1.21. The van der Waals surface area contributed by atoms with Crippen LogP contribution in [0.5, 0.6) is 0 Å². The Morgan fingerprint density at radius 1 is 0.941 bits per heavy atom. The van der Waals surface area contributed by atoms with Crippen molar-refractivity contribution >= 4 is 18.3 Å². The summed E-state index contributed by atoms with van der Waals surface area (Å²) < 4.78 is 46.3. The highest BCUT2D eigenvalue weighted by atomic mass is 19.3. The SMILES string of the molecule is CC(C)(C)OC(=O)N1CC(F)(F)[C@H]2[C@@H]1CN(C(=O)OC(C)(C)C)N2C(=O)OCc1ccccc1. The number of ether oxygens (including phenoxy) is 3. The number of hydrazine groups is 1. The van der Waals surface area contributed by atoms with Crippen LogP contribution in [0.3, 0.4) is 0 Å². The van der Waals surface area contributed by atoms with Gasteiger partial charge in [-0.15, -0.1) is 0 Å². The van der Waals surface area contributed by atoms with E-state index in [2.05, 4.69) is 0 Å². The number of benzene rings is 1. The van der Waals surface area contributed by atoms with Gasteiger partial charge in [0.25, 0.3) is 5.92 Å².